The number of phenolic OH excluding ortho intramolecular Hbond substituents is 1. The normalized spacial score (nSPS) is 15.6. The summed E-state index contributed by atoms with van der Waals surface area (Å²) in [7, 11) is 0. The lowest BCUT2D eigenvalue weighted by molar-refractivity contribution is 0.214. The molecule has 1 aromatic rings. The first-order valence-corrected chi connectivity index (χ1v) is 7.33. The van der Waals surface area contributed by atoms with E-state index < -0.39 is 5.41 Å². The summed E-state index contributed by atoms with van der Waals surface area (Å²) in [5.74, 6) is 0.312. The van der Waals surface area contributed by atoms with Crippen molar-refractivity contribution in [2.24, 2.45) is 0 Å². The number of aliphatic hydroxyl groups is 1. The summed E-state index contributed by atoms with van der Waals surface area (Å²) < 4.78 is 0.833. The molecule has 2 N–H and O–H groups in total. The molecule has 2 rings (SSSR count). The molecule has 0 heterocycles. The van der Waals surface area contributed by atoms with Gasteiger partial charge in [-0.15, -0.1) is 0 Å². The second-order valence-corrected chi connectivity index (χ2v) is 6.66. The quantitative estimate of drug-likeness (QED) is 0.875. The average Bonchev–Trinajstić information content (AvgIpc) is 2.36. The van der Waals surface area contributed by atoms with Gasteiger partial charge < -0.3 is 10.2 Å². The van der Waals surface area contributed by atoms with Crippen molar-refractivity contribution in [1.82, 2.24) is 0 Å². The molecule has 0 aliphatic heterocycles. The molecule has 3 heteroatoms. The number of rotatable bonds is 2. The van der Waals surface area contributed by atoms with E-state index in [0.717, 1.165) is 28.4 Å². The lowest BCUT2D eigenvalue weighted by Gasteiger charge is -2.31. The van der Waals surface area contributed by atoms with Crippen molar-refractivity contribution < 1.29 is 10.2 Å². The van der Waals surface area contributed by atoms with Crippen molar-refractivity contribution in [3.05, 3.63) is 26.7 Å². The Labute approximate surface area is 117 Å². The third-order valence-corrected chi connectivity index (χ3v) is 4.93. The third kappa shape index (κ3) is 2.08. The molecule has 0 fully saturated rings. The van der Waals surface area contributed by atoms with E-state index in [1.54, 1.807) is 0 Å². The lowest BCUT2D eigenvalue weighted by atomic mass is 9.77. The van der Waals surface area contributed by atoms with Gasteiger partial charge in [0.15, 0.2) is 0 Å². The Morgan fingerprint density at radius 3 is 2.28 bits per heavy atom. The summed E-state index contributed by atoms with van der Waals surface area (Å²) in [4.78, 5) is 0. The minimum atomic E-state index is -0.414. The van der Waals surface area contributed by atoms with E-state index in [9.17, 15) is 10.2 Å². The monoisotopic (exact) mass is 312 g/mol. The number of benzene rings is 1. The maximum Gasteiger partial charge on any atom is 0.134 e. The highest BCUT2D eigenvalue weighted by molar-refractivity contribution is 9.10. The molecule has 18 heavy (non-hydrogen) atoms. The van der Waals surface area contributed by atoms with E-state index >= 15 is 0 Å². The van der Waals surface area contributed by atoms with Crippen LogP contribution in [0.4, 0.5) is 0 Å². The van der Waals surface area contributed by atoms with Gasteiger partial charge in [-0.25, -0.2) is 0 Å². The van der Waals surface area contributed by atoms with Crippen LogP contribution >= 0.6 is 15.9 Å². The molecule has 0 bridgehead atoms. The van der Waals surface area contributed by atoms with Crippen molar-refractivity contribution in [1.29, 1.82) is 0 Å². The first-order chi connectivity index (χ1) is 8.40. The Hall–Kier alpha value is -0.540. The molecule has 0 radical (unpaired) electrons. The fourth-order valence-electron chi connectivity index (χ4n) is 3.05. The van der Waals surface area contributed by atoms with Crippen molar-refractivity contribution in [3.8, 4) is 5.75 Å². The van der Waals surface area contributed by atoms with Crippen molar-refractivity contribution in [2.75, 3.05) is 6.61 Å². The smallest absolute Gasteiger partial charge is 0.134 e. The van der Waals surface area contributed by atoms with Crippen LogP contribution in [0.1, 0.15) is 48.9 Å². The summed E-state index contributed by atoms with van der Waals surface area (Å²) in [5, 5.41) is 20.0. The number of halogens is 1. The van der Waals surface area contributed by atoms with Crippen molar-refractivity contribution in [2.45, 2.75) is 51.9 Å². The minimum Gasteiger partial charge on any atom is -0.506 e. The zero-order valence-electron chi connectivity index (χ0n) is 11.3. The zero-order chi connectivity index (χ0) is 13.5. The number of fused-ring (bicyclic) bond motifs is 1. The van der Waals surface area contributed by atoms with Crippen LogP contribution in [0.5, 0.6) is 5.75 Å². The highest BCUT2D eigenvalue weighted by Gasteiger charge is 2.30. The molecule has 100 valence electrons. The average molecular weight is 313 g/mol. The van der Waals surface area contributed by atoms with Gasteiger partial charge in [-0.05, 0) is 65.2 Å². The summed E-state index contributed by atoms with van der Waals surface area (Å²) in [6.07, 6.45) is 4.51. The van der Waals surface area contributed by atoms with Gasteiger partial charge in [-0.1, -0.05) is 13.8 Å². The van der Waals surface area contributed by atoms with Crippen LogP contribution in [-0.2, 0) is 18.3 Å². The van der Waals surface area contributed by atoms with E-state index in [0.29, 0.717) is 5.75 Å². The van der Waals surface area contributed by atoms with E-state index in [2.05, 4.69) is 22.9 Å². The molecule has 0 saturated heterocycles. The molecule has 2 nitrogen and oxygen atoms in total. The Morgan fingerprint density at radius 2 is 1.72 bits per heavy atom. The number of aromatic hydroxyl groups is 1. The second kappa shape index (κ2) is 4.86. The van der Waals surface area contributed by atoms with Crippen molar-refractivity contribution in [3.63, 3.8) is 0 Å². The van der Waals surface area contributed by atoms with Crippen LogP contribution in [0, 0.1) is 6.92 Å². The van der Waals surface area contributed by atoms with Gasteiger partial charge in [0, 0.05) is 11.0 Å². The van der Waals surface area contributed by atoms with Crippen LogP contribution in [0.3, 0.4) is 0 Å². The third-order valence-electron chi connectivity index (χ3n) is 4.08. The van der Waals surface area contributed by atoms with Gasteiger partial charge in [0.25, 0.3) is 0 Å². The van der Waals surface area contributed by atoms with Crippen LogP contribution in [-0.4, -0.2) is 16.8 Å². The van der Waals surface area contributed by atoms with Gasteiger partial charge >= 0.3 is 0 Å². The van der Waals surface area contributed by atoms with Crippen molar-refractivity contribution >= 4 is 15.9 Å². The lowest BCUT2D eigenvalue weighted by Crippen LogP contribution is -2.25. The number of hydrogen-bond donors (Lipinski definition) is 2. The summed E-state index contributed by atoms with van der Waals surface area (Å²) in [6.45, 7) is 6.04. The Morgan fingerprint density at radius 1 is 1.17 bits per heavy atom. The fourth-order valence-corrected chi connectivity index (χ4v) is 3.69. The predicted molar refractivity (Wildman–Crippen MR) is 77.3 cm³/mol. The first-order valence-electron chi connectivity index (χ1n) is 6.54. The molecule has 0 aromatic heterocycles. The molecule has 0 saturated carbocycles. The fraction of sp³-hybridized carbons (Fsp3) is 0.600. The van der Waals surface area contributed by atoms with E-state index in [-0.39, 0.29) is 6.61 Å². The number of hydrogen-bond acceptors (Lipinski definition) is 2. The zero-order valence-corrected chi connectivity index (χ0v) is 12.9. The van der Waals surface area contributed by atoms with Crippen LogP contribution < -0.4 is 0 Å². The Bertz CT molecular complexity index is 478. The molecule has 1 aliphatic carbocycles. The maximum absolute atomic E-state index is 10.4. The molecular formula is C15H21BrO2. The number of phenols is 1. The second-order valence-electron chi connectivity index (χ2n) is 5.87. The van der Waals surface area contributed by atoms with Gasteiger partial charge in [0.05, 0.1) is 11.1 Å². The molecule has 1 aromatic carbocycles. The molecule has 0 spiro atoms. The highest BCUT2D eigenvalue weighted by atomic mass is 79.9. The largest absolute Gasteiger partial charge is 0.506 e. The highest BCUT2D eigenvalue weighted by Crippen LogP contribution is 2.44. The van der Waals surface area contributed by atoms with E-state index in [4.69, 9.17) is 0 Å². The molecule has 0 unspecified atom stereocenters. The van der Waals surface area contributed by atoms with Crippen LogP contribution in [0.2, 0.25) is 0 Å². The summed E-state index contributed by atoms with van der Waals surface area (Å²) in [6, 6.07) is 0. The standard InChI is InChI=1S/C15H21BrO2/c1-9-10-6-4-5-7-11(10)13(16)14(18)12(9)15(2,3)8-17/h17-18H,4-8H2,1-3H3. The van der Waals surface area contributed by atoms with Gasteiger partial charge in [-0.3, -0.25) is 0 Å². The maximum atomic E-state index is 10.4. The predicted octanol–water partition coefficient (Wildman–Crippen LogP) is 3.61. The summed E-state index contributed by atoms with van der Waals surface area (Å²) >= 11 is 3.54. The van der Waals surface area contributed by atoms with E-state index in [1.807, 2.05) is 13.8 Å². The molecule has 1 aliphatic rings. The van der Waals surface area contributed by atoms with E-state index in [1.165, 1.54) is 24.0 Å². The van der Waals surface area contributed by atoms with Gasteiger partial charge in [0.2, 0.25) is 0 Å². The van der Waals surface area contributed by atoms with Crippen LogP contribution in [0.25, 0.3) is 0 Å². The Kier molecular flexibility index (Phi) is 3.75. The SMILES string of the molecule is Cc1c2c(c(Br)c(O)c1C(C)(C)CO)CCCC2. The summed E-state index contributed by atoms with van der Waals surface area (Å²) in [5.41, 5.74) is 4.25. The van der Waals surface area contributed by atoms with Gasteiger partial charge in [0.1, 0.15) is 5.75 Å². The van der Waals surface area contributed by atoms with Gasteiger partial charge in [-0.2, -0.15) is 0 Å². The topological polar surface area (TPSA) is 40.5 Å². The molecular weight excluding hydrogens is 292 g/mol. The number of aliphatic hydroxyl groups excluding tert-OH is 1. The van der Waals surface area contributed by atoms with Crippen LogP contribution in [0.15, 0.2) is 4.47 Å². The minimum absolute atomic E-state index is 0.0344. The first kappa shape index (κ1) is 13.9. The molecule has 0 amide bonds. The Balaban J connectivity index is 2.72. The molecule has 0 atom stereocenters.